The molecule has 0 aromatic carbocycles. The summed E-state index contributed by atoms with van der Waals surface area (Å²) in [7, 11) is -1.90. The molecule has 0 saturated heterocycles. The van der Waals surface area contributed by atoms with Crippen LogP contribution in [-0.2, 0) is 19.5 Å². The van der Waals surface area contributed by atoms with Gasteiger partial charge in [-0.25, -0.2) is 8.42 Å². The highest BCUT2D eigenvalue weighted by Crippen LogP contribution is 2.09. The third-order valence-electron chi connectivity index (χ3n) is 1.82. The molecule has 0 atom stereocenters. The van der Waals surface area contributed by atoms with Crippen LogP contribution in [0.25, 0.3) is 0 Å². The van der Waals surface area contributed by atoms with Crippen LogP contribution in [0.5, 0.6) is 0 Å². The summed E-state index contributed by atoms with van der Waals surface area (Å²) in [6.45, 7) is 2.60. The number of methoxy groups -OCH3 is 1. The summed E-state index contributed by atoms with van der Waals surface area (Å²) in [5, 5.41) is 3.53. The predicted octanol–water partition coefficient (Wildman–Crippen LogP) is 0.388. The van der Waals surface area contributed by atoms with E-state index in [1.165, 1.54) is 6.07 Å². The van der Waals surface area contributed by atoms with E-state index in [1.54, 1.807) is 14.0 Å². The molecule has 1 heterocycles. The second kappa shape index (κ2) is 6.58. The van der Waals surface area contributed by atoms with Crippen LogP contribution in [0.15, 0.2) is 10.6 Å². The zero-order valence-electron chi connectivity index (χ0n) is 9.80. The smallest absolute Gasteiger partial charge is 0.236 e. The first-order valence-electron chi connectivity index (χ1n) is 5.04. The van der Waals surface area contributed by atoms with Crippen molar-refractivity contribution in [2.24, 2.45) is 0 Å². The summed E-state index contributed by atoms with van der Waals surface area (Å²) in [5.74, 6) is 0.584. The number of ether oxygens (including phenoxy) is 2. The zero-order chi connectivity index (χ0) is 12.7. The van der Waals surface area contributed by atoms with Gasteiger partial charge in [0.2, 0.25) is 10.0 Å². The Bertz CT molecular complexity index is 428. The summed E-state index contributed by atoms with van der Waals surface area (Å²) in [6, 6.07) is 1.50. The number of sulfonamides is 1. The number of hydrogen-bond donors (Lipinski definition) is 1. The largest absolute Gasteiger partial charge is 0.382 e. The minimum absolute atomic E-state index is 0.107. The molecule has 98 valence electrons. The fourth-order valence-electron chi connectivity index (χ4n) is 1.04. The van der Waals surface area contributed by atoms with Crippen molar-refractivity contribution in [1.29, 1.82) is 0 Å². The highest BCUT2D eigenvalue weighted by molar-refractivity contribution is 7.92. The summed E-state index contributed by atoms with van der Waals surface area (Å²) in [4.78, 5) is 0. The maximum Gasteiger partial charge on any atom is 0.236 e. The fourth-order valence-corrected chi connectivity index (χ4v) is 1.89. The number of anilines is 1. The average molecular weight is 264 g/mol. The van der Waals surface area contributed by atoms with Gasteiger partial charge in [-0.2, -0.15) is 0 Å². The van der Waals surface area contributed by atoms with Gasteiger partial charge in [0.25, 0.3) is 0 Å². The van der Waals surface area contributed by atoms with Gasteiger partial charge in [-0.1, -0.05) is 5.16 Å². The molecule has 0 amide bonds. The molecule has 0 saturated carbocycles. The molecule has 8 heteroatoms. The first-order valence-corrected chi connectivity index (χ1v) is 6.69. The van der Waals surface area contributed by atoms with Crippen molar-refractivity contribution < 1.29 is 22.4 Å². The van der Waals surface area contributed by atoms with E-state index in [4.69, 9.17) is 14.0 Å². The fraction of sp³-hybridized carbons (Fsp3) is 0.667. The molecule has 0 aliphatic rings. The number of nitrogens with zero attached hydrogens (tertiary/aromatic N) is 1. The van der Waals surface area contributed by atoms with Gasteiger partial charge in [-0.15, -0.1) is 0 Å². The van der Waals surface area contributed by atoms with Crippen molar-refractivity contribution in [3.8, 4) is 0 Å². The Morgan fingerprint density at radius 1 is 1.41 bits per heavy atom. The van der Waals surface area contributed by atoms with Crippen molar-refractivity contribution in [3.05, 3.63) is 11.8 Å². The average Bonchev–Trinajstić information content (AvgIpc) is 2.62. The van der Waals surface area contributed by atoms with Gasteiger partial charge in [-0.05, 0) is 6.92 Å². The Hall–Kier alpha value is -1.12. The van der Waals surface area contributed by atoms with E-state index in [-0.39, 0.29) is 18.2 Å². The van der Waals surface area contributed by atoms with Gasteiger partial charge in [-0.3, -0.25) is 4.72 Å². The van der Waals surface area contributed by atoms with Crippen LogP contribution in [0.2, 0.25) is 0 Å². The van der Waals surface area contributed by atoms with Crippen LogP contribution in [-0.4, -0.2) is 46.3 Å². The van der Waals surface area contributed by atoms with E-state index < -0.39 is 10.0 Å². The lowest BCUT2D eigenvalue weighted by Crippen LogP contribution is -2.21. The van der Waals surface area contributed by atoms with Crippen molar-refractivity contribution in [1.82, 2.24) is 5.16 Å². The molecular weight excluding hydrogens is 248 g/mol. The molecule has 0 aliphatic heterocycles. The van der Waals surface area contributed by atoms with E-state index in [0.717, 1.165) is 0 Å². The van der Waals surface area contributed by atoms with Crippen molar-refractivity contribution in [2.75, 3.05) is 37.4 Å². The lowest BCUT2D eigenvalue weighted by atomic mass is 10.5. The molecule has 0 fully saturated rings. The number of nitrogens with one attached hydrogen (secondary N) is 1. The number of hydrogen-bond acceptors (Lipinski definition) is 6. The van der Waals surface area contributed by atoms with E-state index in [0.29, 0.717) is 19.0 Å². The molecule has 0 unspecified atom stereocenters. The van der Waals surface area contributed by atoms with E-state index in [1.807, 2.05) is 0 Å². The number of rotatable bonds is 8. The van der Waals surface area contributed by atoms with E-state index in [2.05, 4.69) is 9.88 Å². The molecule has 0 aliphatic carbocycles. The van der Waals surface area contributed by atoms with Gasteiger partial charge in [0, 0.05) is 13.2 Å². The van der Waals surface area contributed by atoms with Crippen molar-refractivity contribution in [2.45, 2.75) is 6.92 Å². The summed E-state index contributed by atoms with van der Waals surface area (Å²) in [5.41, 5.74) is 0. The quantitative estimate of drug-likeness (QED) is 0.683. The van der Waals surface area contributed by atoms with Gasteiger partial charge < -0.3 is 14.0 Å². The first kappa shape index (κ1) is 13.9. The van der Waals surface area contributed by atoms with Crippen molar-refractivity contribution in [3.63, 3.8) is 0 Å². The second-order valence-corrected chi connectivity index (χ2v) is 5.19. The Labute approximate surface area is 100 Å². The summed E-state index contributed by atoms with van der Waals surface area (Å²) >= 11 is 0. The van der Waals surface area contributed by atoms with Crippen LogP contribution < -0.4 is 4.72 Å². The Morgan fingerprint density at radius 2 is 2.18 bits per heavy atom. The van der Waals surface area contributed by atoms with Crippen LogP contribution in [0.1, 0.15) is 5.76 Å². The molecule has 0 bridgehead atoms. The van der Waals surface area contributed by atoms with Crippen LogP contribution in [0.4, 0.5) is 5.82 Å². The lowest BCUT2D eigenvalue weighted by Gasteiger charge is -2.05. The van der Waals surface area contributed by atoms with E-state index in [9.17, 15) is 8.42 Å². The third-order valence-corrected chi connectivity index (χ3v) is 3.04. The standard InChI is InChI=1S/C9H16N2O5S/c1-8-7-9(10-16-8)11-17(12,13)6-5-15-4-3-14-2/h7H,3-6H2,1-2H3,(H,10,11). The molecule has 17 heavy (non-hydrogen) atoms. The predicted molar refractivity (Wildman–Crippen MR) is 61.3 cm³/mol. The molecular formula is C9H16N2O5S. The maximum absolute atomic E-state index is 11.5. The minimum atomic E-state index is -3.45. The SMILES string of the molecule is COCCOCCS(=O)(=O)Nc1cc(C)on1. The van der Waals surface area contributed by atoms with Gasteiger partial charge >= 0.3 is 0 Å². The maximum atomic E-state index is 11.5. The first-order chi connectivity index (χ1) is 8.03. The molecule has 7 nitrogen and oxygen atoms in total. The second-order valence-electron chi connectivity index (χ2n) is 3.35. The molecule has 0 radical (unpaired) electrons. The normalized spacial score (nSPS) is 11.6. The van der Waals surface area contributed by atoms with Gasteiger partial charge in [0.1, 0.15) is 5.76 Å². The lowest BCUT2D eigenvalue weighted by molar-refractivity contribution is 0.0785. The number of aryl methyl sites for hydroxylation is 1. The highest BCUT2D eigenvalue weighted by Gasteiger charge is 2.12. The highest BCUT2D eigenvalue weighted by atomic mass is 32.2. The molecule has 1 aromatic rings. The molecule has 1 aromatic heterocycles. The van der Waals surface area contributed by atoms with Crippen LogP contribution in [0.3, 0.4) is 0 Å². The van der Waals surface area contributed by atoms with Crippen LogP contribution >= 0.6 is 0 Å². The third kappa shape index (κ3) is 5.66. The Morgan fingerprint density at radius 3 is 2.76 bits per heavy atom. The Kier molecular flexibility index (Phi) is 5.39. The minimum Gasteiger partial charge on any atom is -0.382 e. The van der Waals surface area contributed by atoms with Gasteiger partial charge in [0.05, 0.1) is 25.6 Å². The monoisotopic (exact) mass is 264 g/mol. The summed E-state index contributed by atoms with van der Waals surface area (Å²) < 4.78 is 39.9. The van der Waals surface area contributed by atoms with Crippen LogP contribution in [0, 0.1) is 6.92 Å². The molecule has 0 spiro atoms. The topological polar surface area (TPSA) is 90.7 Å². The van der Waals surface area contributed by atoms with Gasteiger partial charge in [0.15, 0.2) is 5.82 Å². The Balaban J connectivity index is 2.31. The summed E-state index contributed by atoms with van der Waals surface area (Å²) in [6.07, 6.45) is 0. The van der Waals surface area contributed by atoms with Crippen molar-refractivity contribution >= 4 is 15.8 Å². The zero-order valence-corrected chi connectivity index (χ0v) is 10.6. The van der Waals surface area contributed by atoms with E-state index >= 15 is 0 Å². The molecule has 1 rings (SSSR count). The number of aromatic nitrogens is 1. The molecule has 1 N–H and O–H groups in total.